The van der Waals surface area contributed by atoms with Gasteiger partial charge in [-0.05, 0) is 56.7 Å². The topological polar surface area (TPSA) is 83.4 Å². The number of Topliss-reactive ketones (excluding diaryl/α,β-unsaturated/α-hetero) is 1. The molecule has 2 aromatic carbocycles. The molecule has 9 heteroatoms. The van der Waals surface area contributed by atoms with Crippen LogP contribution in [0.2, 0.25) is 0 Å². The zero-order valence-corrected chi connectivity index (χ0v) is 21.0. The molecule has 8 nitrogen and oxygen atoms in total. The molecule has 0 radical (unpaired) electrons. The van der Waals surface area contributed by atoms with Crippen LogP contribution in [0.15, 0.2) is 58.5 Å². The van der Waals surface area contributed by atoms with E-state index >= 15 is 0 Å². The van der Waals surface area contributed by atoms with E-state index in [0.29, 0.717) is 38.8 Å². The second-order valence-electron chi connectivity index (χ2n) is 8.51. The summed E-state index contributed by atoms with van der Waals surface area (Å²) in [7, 11) is 3.52. The summed E-state index contributed by atoms with van der Waals surface area (Å²) in [6, 6.07) is 14.9. The van der Waals surface area contributed by atoms with E-state index in [1.54, 1.807) is 13.2 Å². The number of carbonyl (C=O) groups excluding carboxylic acids is 1. The Bertz CT molecular complexity index is 1680. The Hall–Kier alpha value is -3.85. The van der Waals surface area contributed by atoms with E-state index in [-0.39, 0.29) is 17.1 Å². The summed E-state index contributed by atoms with van der Waals surface area (Å²) >= 11 is 1.30. The first kappa shape index (κ1) is 22.9. The second kappa shape index (κ2) is 8.74. The Kier molecular flexibility index (Phi) is 5.72. The number of ketones is 1. The van der Waals surface area contributed by atoms with Gasteiger partial charge in [-0.15, -0.1) is 10.2 Å². The maximum absolute atomic E-state index is 13.6. The van der Waals surface area contributed by atoms with Gasteiger partial charge in [0.05, 0.1) is 29.5 Å². The second-order valence-corrected chi connectivity index (χ2v) is 9.45. The highest BCUT2D eigenvalue weighted by Crippen LogP contribution is 2.28. The zero-order valence-electron chi connectivity index (χ0n) is 20.2. The first-order valence-electron chi connectivity index (χ1n) is 11.1. The van der Waals surface area contributed by atoms with Gasteiger partial charge in [0.25, 0.3) is 5.56 Å². The van der Waals surface area contributed by atoms with E-state index in [9.17, 15) is 9.59 Å². The first-order valence-corrected chi connectivity index (χ1v) is 12.1. The number of carbonyl (C=O) groups is 1. The first-order chi connectivity index (χ1) is 16.8. The van der Waals surface area contributed by atoms with Crippen molar-refractivity contribution in [3.05, 3.63) is 81.4 Å². The minimum absolute atomic E-state index is 0.0194. The van der Waals surface area contributed by atoms with Gasteiger partial charge in [-0.1, -0.05) is 30.0 Å². The summed E-state index contributed by atoms with van der Waals surface area (Å²) < 4.78 is 10.9. The fourth-order valence-corrected chi connectivity index (χ4v) is 5.13. The number of fused-ring (bicyclic) bond motifs is 3. The molecule has 0 N–H and O–H groups in total. The third kappa shape index (κ3) is 3.72. The number of methoxy groups -OCH3 is 1. The molecule has 3 heterocycles. The predicted molar refractivity (Wildman–Crippen MR) is 137 cm³/mol. The van der Waals surface area contributed by atoms with Crippen LogP contribution < -0.4 is 10.3 Å². The molecule has 0 aliphatic rings. The van der Waals surface area contributed by atoms with Crippen molar-refractivity contribution in [2.75, 3.05) is 12.9 Å². The van der Waals surface area contributed by atoms with Crippen LogP contribution in [0.5, 0.6) is 5.75 Å². The van der Waals surface area contributed by atoms with Gasteiger partial charge in [0, 0.05) is 24.0 Å². The third-order valence-electron chi connectivity index (χ3n) is 6.38. The number of nitrogens with zero attached hydrogens (tertiary/aromatic N) is 5. The van der Waals surface area contributed by atoms with Crippen molar-refractivity contribution in [2.24, 2.45) is 7.05 Å². The van der Waals surface area contributed by atoms with Crippen molar-refractivity contribution in [2.45, 2.75) is 25.9 Å². The molecule has 3 aromatic heterocycles. The summed E-state index contributed by atoms with van der Waals surface area (Å²) in [6.07, 6.45) is 0. The summed E-state index contributed by atoms with van der Waals surface area (Å²) in [6.45, 7) is 5.88. The number of rotatable bonds is 6. The number of aromatic nitrogens is 5. The van der Waals surface area contributed by atoms with Crippen LogP contribution >= 0.6 is 11.8 Å². The normalized spacial score (nSPS) is 11.5. The van der Waals surface area contributed by atoms with Crippen molar-refractivity contribution >= 4 is 34.2 Å². The van der Waals surface area contributed by atoms with Crippen molar-refractivity contribution in [3.8, 4) is 11.4 Å². The quantitative estimate of drug-likeness (QED) is 0.263. The monoisotopic (exact) mass is 487 g/mol. The lowest BCUT2D eigenvalue weighted by Gasteiger charge is -2.14. The summed E-state index contributed by atoms with van der Waals surface area (Å²) in [4.78, 5) is 26.6. The Labute approximate surface area is 206 Å². The molecule has 0 aliphatic carbocycles. The van der Waals surface area contributed by atoms with Crippen molar-refractivity contribution in [3.63, 3.8) is 0 Å². The highest BCUT2D eigenvalue weighted by atomic mass is 32.2. The van der Waals surface area contributed by atoms with Crippen molar-refractivity contribution in [1.82, 2.24) is 23.7 Å². The maximum Gasteiger partial charge on any atom is 0.267 e. The highest BCUT2D eigenvalue weighted by molar-refractivity contribution is 7.99. The molecular formula is C26H25N5O3S. The van der Waals surface area contributed by atoms with E-state index in [0.717, 1.165) is 17.0 Å². The molecule has 5 rings (SSSR count). The van der Waals surface area contributed by atoms with Gasteiger partial charge < -0.3 is 9.30 Å². The third-order valence-corrected chi connectivity index (χ3v) is 7.31. The van der Waals surface area contributed by atoms with Gasteiger partial charge in [-0.3, -0.25) is 14.0 Å². The van der Waals surface area contributed by atoms with E-state index in [1.807, 2.05) is 79.3 Å². The number of para-hydroxylation sites is 1. The SMILES string of the molecule is COc1ccc(C)cc1-n1c(=O)c2ccccc2n2c(SCC(=O)c3cc(C)n(C)c3C)nnc12. The Morgan fingerprint density at radius 1 is 1.06 bits per heavy atom. The Morgan fingerprint density at radius 2 is 1.83 bits per heavy atom. The minimum atomic E-state index is -0.215. The van der Waals surface area contributed by atoms with Crippen LogP contribution in [0, 0.1) is 20.8 Å². The summed E-state index contributed by atoms with van der Waals surface area (Å²) in [5.74, 6) is 1.13. The van der Waals surface area contributed by atoms with Gasteiger partial charge in [0.1, 0.15) is 5.75 Å². The van der Waals surface area contributed by atoms with Gasteiger partial charge in [0.2, 0.25) is 5.78 Å². The van der Waals surface area contributed by atoms with Gasteiger partial charge >= 0.3 is 0 Å². The largest absolute Gasteiger partial charge is 0.495 e. The van der Waals surface area contributed by atoms with E-state index in [2.05, 4.69) is 10.2 Å². The molecule has 35 heavy (non-hydrogen) atoms. The van der Waals surface area contributed by atoms with Gasteiger partial charge in [0.15, 0.2) is 10.9 Å². The fraction of sp³-hybridized carbons (Fsp3) is 0.231. The van der Waals surface area contributed by atoms with E-state index < -0.39 is 0 Å². The molecule has 0 spiro atoms. The molecule has 0 aliphatic heterocycles. The number of hydrogen-bond acceptors (Lipinski definition) is 6. The van der Waals surface area contributed by atoms with Crippen LogP contribution in [0.1, 0.15) is 27.3 Å². The van der Waals surface area contributed by atoms with Crippen LogP contribution in [-0.2, 0) is 7.05 Å². The number of thioether (sulfide) groups is 1. The molecular weight excluding hydrogens is 462 g/mol. The fourth-order valence-electron chi connectivity index (χ4n) is 4.31. The summed E-state index contributed by atoms with van der Waals surface area (Å²) in [5.41, 5.74) is 4.71. The summed E-state index contributed by atoms with van der Waals surface area (Å²) in [5, 5.41) is 9.82. The number of hydrogen-bond donors (Lipinski definition) is 0. The lowest BCUT2D eigenvalue weighted by molar-refractivity contribution is 0.102. The van der Waals surface area contributed by atoms with Crippen LogP contribution in [-0.4, -0.2) is 42.4 Å². The molecule has 0 bridgehead atoms. The maximum atomic E-state index is 13.6. The lowest BCUT2D eigenvalue weighted by Crippen LogP contribution is -2.22. The average Bonchev–Trinajstić information content (AvgIpc) is 3.39. The van der Waals surface area contributed by atoms with Crippen LogP contribution in [0.4, 0.5) is 0 Å². The van der Waals surface area contributed by atoms with Gasteiger partial charge in [-0.2, -0.15) is 0 Å². The smallest absolute Gasteiger partial charge is 0.267 e. The highest BCUT2D eigenvalue weighted by Gasteiger charge is 2.21. The average molecular weight is 488 g/mol. The molecule has 0 saturated heterocycles. The molecule has 0 atom stereocenters. The van der Waals surface area contributed by atoms with E-state index in [1.165, 1.54) is 16.3 Å². The standard InChI is InChI=1S/C26H25N5O3S/c1-15-10-11-23(34-5)21(12-15)30-24(33)18-8-6-7-9-20(18)31-25(30)27-28-26(31)35-14-22(32)19-13-16(2)29(4)17(19)3/h6-13H,14H2,1-5H3. The van der Waals surface area contributed by atoms with Crippen LogP contribution in [0.25, 0.3) is 22.4 Å². The van der Waals surface area contributed by atoms with Crippen molar-refractivity contribution < 1.29 is 9.53 Å². The zero-order chi connectivity index (χ0) is 24.9. The van der Waals surface area contributed by atoms with Crippen molar-refractivity contribution in [1.29, 1.82) is 0 Å². The van der Waals surface area contributed by atoms with Gasteiger partial charge in [-0.25, -0.2) is 4.57 Å². The number of ether oxygens (including phenoxy) is 1. The Balaban J connectivity index is 1.67. The lowest BCUT2D eigenvalue weighted by atomic mass is 10.2. The Morgan fingerprint density at radius 3 is 2.54 bits per heavy atom. The number of aryl methyl sites for hydroxylation is 2. The molecule has 178 valence electrons. The molecule has 0 saturated carbocycles. The molecule has 0 amide bonds. The van der Waals surface area contributed by atoms with Crippen LogP contribution in [0.3, 0.4) is 0 Å². The molecule has 0 fully saturated rings. The van der Waals surface area contributed by atoms with E-state index in [4.69, 9.17) is 4.74 Å². The predicted octanol–water partition coefficient (Wildman–Crippen LogP) is 4.28. The minimum Gasteiger partial charge on any atom is -0.495 e. The molecule has 5 aromatic rings. The number of benzene rings is 2. The molecule has 0 unspecified atom stereocenters.